The minimum Gasteiger partial charge on any atom is -0.455 e. The van der Waals surface area contributed by atoms with E-state index in [0.717, 1.165) is 17.4 Å². The van der Waals surface area contributed by atoms with Gasteiger partial charge in [0.1, 0.15) is 11.3 Å². The number of carbonyl (C=O) groups excluding carboxylic acids is 1. The van der Waals surface area contributed by atoms with Crippen molar-refractivity contribution in [2.45, 2.75) is 46.8 Å². The van der Waals surface area contributed by atoms with Crippen molar-refractivity contribution in [3.05, 3.63) is 30.0 Å². The molecule has 21 heavy (non-hydrogen) atoms. The first-order valence-corrected chi connectivity index (χ1v) is 7.29. The van der Waals surface area contributed by atoms with E-state index in [-0.39, 0.29) is 5.97 Å². The van der Waals surface area contributed by atoms with Gasteiger partial charge in [-0.2, -0.15) is 0 Å². The van der Waals surface area contributed by atoms with E-state index in [1.807, 2.05) is 49.6 Å². The predicted molar refractivity (Wildman–Crippen MR) is 86.4 cm³/mol. The first-order chi connectivity index (χ1) is 9.67. The first-order valence-electron chi connectivity index (χ1n) is 7.29. The van der Waals surface area contributed by atoms with E-state index in [0.29, 0.717) is 17.3 Å². The number of esters is 1. The molecule has 4 heteroatoms. The summed E-state index contributed by atoms with van der Waals surface area (Å²) in [5.41, 5.74) is 7.62. The van der Waals surface area contributed by atoms with E-state index in [2.05, 4.69) is 13.8 Å². The van der Waals surface area contributed by atoms with Crippen LogP contribution in [0, 0.1) is 5.92 Å². The lowest BCUT2D eigenvalue weighted by Gasteiger charge is -2.20. The second-order valence-corrected chi connectivity index (χ2v) is 6.85. The molecule has 1 aromatic carbocycles. The Balaban J connectivity index is 2.53. The molecule has 0 saturated heterocycles. The molecule has 0 bridgehead atoms. The smallest absolute Gasteiger partial charge is 0.355 e. The van der Waals surface area contributed by atoms with Crippen LogP contribution in [0.4, 0.5) is 5.69 Å². The molecular weight excluding hydrogens is 264 g/mol. The van der Waals surface area contributed by atoms with Crippen molar-refractivity contribution < 1.29 is 9.53 Å². The summed E-state index contributed by atoms with van der Waals surface area (Å²) in [5.74, 6) is 0.136. The minimum atomic E-state index is -0.505. The van der Waals surface area contributed by atoms with E-state index in [1.165, 1.54) is 0 Å². The lowest BCUT2D eigenvalue weighted by atomic mass is 10.2. The van der Waals surface area contributed by atoms with Gasteiger partial charge in [0, 0.05) is 23.1 Å². The molecule has 0 fully saturated rings. The van der Waals surface area contributed by atoms with Crippen LogP contribution in [0.3, 0.4) is 0 Å². The molecule has 0 radical (unpaired) electrons. The third kappa shape index (κ3) is 3.57. The maximum absolute atomic E-state index is 12.4. The van der Waals surface area contributed by atoms with Crippen molar-refractivity contribution in [2.75, 3.05) is 5.73 Å². The Hall–Kier alpha value is -1.97. The maximum atomic E-state index is 12.4. The monoisotopic (exact) mass is 288 g/mol. The highest BCUT2D eigenvalue weighted by Crippen LogP contribution is 2.25. The zero-order valence-corrected chi connectivity index (χ0v) is 13.4. The molecule has 0 amide bonds. The van der Waals surface area contributed by atoms with E-state index in [4.69, 9.17) is 10.5 Å². The fraction of sp³-hybridized carbons (Fsp3) is 0.471. The molecule has 0 atom stereocenters. The fourth-order valence-corrected chi connectivity index (χ4v) is 2.35. The fourth-order valence-electron chi connectivity index (χ4n) is 2.35. The van der Waals surface area contributed by atoms with Crippen molar-refractivity contribution >= 4 is 22.6 Å². The second-order valence-electron chi connectivity index (χ2n) is 6.85. The lowest BCUT2D eigenvalue weighted by Crippen LogP contribution is -2.25. The van der Waals surface area contributed by atoms with E-state index >= 15 is 0 Å². The van der Waals surface area contributed by atoms with Crippen molar-refractivity contribution in [3.63, 3.8) is 0 Å². The molecule has 2 aromatic rings. The van der Waals surface area contributed by atoms with Crippen molar-refractivity contribution in [2.24, 2.45) is 5.92 Å². The molecule has 0 saturated carbocycles. The quantitative estimate of drug-likeness (QED) is 0.689. The van der Waals surface area contributed by atoms with Gasteiger partial charge in [0.05, 0.1) is 0 Å². The van der Waals surface area contributed by atoms with Gasteiger partial charge in [-0.25, -0.2) is 4.79 Å². The van der Waals surface area contributed by atoms with Crippen LogP contribution in [0.2, 0.25) is 0 Å². The standard InChI is InChI=1S/C17H24N2O2/c1-11(2)10-19-14-7-6-13(18)8-12(14)9-15(19)16(20)21-17(3,4)5/h6-9,11H,10,18H2,1-5H3. The number of anilines is 1. The largest absolute Gasteiger partial charge is 0.455 e. The minimum absolute atomic E-state index is 0.294. The number of fused-ring (bicyclic) bond motifs is 1. The number of ether oxygens (including phenoxy) is 1. The van der Waals surface area contributed by atoms with Crippen LogP contribution in [-0.4, -0.2) is 16.1 Å². The molecule has 1 aromatic heterocycles. The molecule has 1 heterocycles. The van der Waals surface area contributed by atoms with Crippen LogP contribution in [0.5, 0.6) is 0 Å². The number of benzene rings is 1. The summed E-state index contributed by atoms with van der Waals surface area (Å²) in [7, 11) is 0. The van der Waals surface area contributed by atoms with Gasteiger partial charge in [-0.3, -0.25) is 0 Å². The zero-order chi connectivity index (χ0) is 15.8. The molecule has 2 rings (SSSR count). The van der Waals surface area contributed by atoms with Crippen molar-refractivity contribution in [3.8, 4) is 0 Å². The van der Waals surface area contributed by atoms with Gasteiger partial charge in [0.2, 0.25) is 0 Å². The van der Waals surface area contributed by atoms with Gasteiger partial charge >= 0.3 is 5.97 Å². The van der Waals surface area contributed by atoms with Crippen LogP contribution < -0.4 is 5.73 Å². The molecule has 0 aliphatic carbocycles. The van der Waals surface area contributed by atoms with Gasteiger partial charge in [0.25, 0.3) is 0 Å². The Labute approximate surface area is 125 Å². The van der Waals surface area contributed by atoms with Crippen LogP contribution >= 0.6 is 0 Å². The van der Waals surface area contributed by atoms with Crippen molar-refractivity contribution in [1.29, 1.82) is 0 Å². The number of carbonyl (C=O) groups is 1. The molecule has 0 aliphatic heterocycles. The van der Waals surface area contributed by atoms with Crippen LogP contribution in [0.15, 0.2) is 24.3 Å². The molecule has 0 aliphatic rings. The molecular formula is C17H24N2O2. The number of nitrogens with zero attached hydrogens (tertiary/aromatic N) is 1. The van der Waals surface area contributed by atoms with Gasteiger partial charge in [-0.1, -0.05) is 13.8 Å². The van der Waals surface area contributed by atoms with Gasteiger partial charge in [0.15, 0.2) is 0 Å². The number of nitrogen functional groups attached to an aromatic ring is 1. The highest BCUT2D eigenvalue weighted by Gasteiger charge is 2.22. The van der Waals surface area contributed by atoms with Crippen LogP contribution in [0.1, 0.15) is 45.1 Å². The lowest BCUT2D eigenvalue weighted by molar-refractivity contribution is 0.00576. The summed E-state index contributed by atoms with van der Waals surface area (Å²) in [6, 6.07) is 7.57. The summed E-state index contributed by atoms with van der Waals surface area (Å²) in [6.45, 7) is 10.6. The SMILES string of the molecule is CC(C)Cn1c(C(=O)OC(C)(C)C)cc2cc(N)ccc21. The number of hydrogen-bond donors (Lipinski definition) is 1. The Morgan fingerprint density at radius 2 is 1.95 bits per heavy atom. The summed E-state index contributed by atoms with van der Waals surface area (Å²) in [4.78, 5) is 12.4. The molecule has 0 unspecified atom stereocenters. The molecule has 114 valence electrons. The number of nitrogens with two attached hydrogens (primary N) is 1. The summed E-state index contributed by atoms with van der Waals surface area (Å²) in [6.07, 6.45) is 0. The van der Waals surface area contributed by atoms with E-state index in [1.54, 1.807) is 0 Å². The van der Waals surface area contributed by atoms with Gasteiger partial charge in [-0.15, -0.1) is 0 Å². The number of hydrogen-bond acceptors (Lipinski definition) is 3. The number of rotatable bonds is 3. The van der Waals surface area contributed by atoms with E-state index < -0.39 is 5.60 Å². The van der Waals surface area contributed by atoms with Gasteiger partial charge in [-0.05, 0) is 51.0 Å². The Morgan fingerprint density at radius 1 is 1.29 bits per heavy atom. The first kappa shape index (κ1) is 15.4. The summed E-state index contributed by atoms with van der Waals surface area (Å²) in [5, 5.41) is 0.969. The Kier molecular flexibility index (Phi) is 3.99. The zero-order valence-electron chi connectivity index (χ0n) is 13.4. The predicted octanol–water partition coefficient (Wildman–Crippen LogP) is 3.83. The summed E-state index contributed by atoms with van der Waals surface area (Å²) < 4.78 is 7.54. The van der Waals surface area contributed by atoms with Crippen LogP contribution in [0.25, 0.3) is 10.9 Å². The number of aromatic nitrogens is 1. The third-order valence-corrected chi connectivity index (χ3v) is 3.08. The topological polar surface area (TPSA) is 57.2 Å². The highest BCUT2D eigenvalue weighted by atomic mass is 16.6. The van der Waals surface area contributed by atoms with Gasteiger partial charge < -0.3 is 15.0 Å². The van der Waals surface area contributed by atoms with E-state index in [9.17, 15) is 4.79 Å². The molecule has 2 N–H and O–H groups in total. The average molecular weight is 288 g/mol. The maximum Gasteiger partial charge on any atom is 0.355 e. The Bertz CT molecular complexity index is 663. The second kappa shape index (κ2) is 5.43. The summed E-state index contributed by atoms with van der Waals surface area (Å²) >= 11 is 0. The Morgan fingerprint density at radius 3 is 2.52 bits per heavy atom. The highest BCUT2D eigenvalue weighted by molar-refractivity contribution is 5.96. The van der Waals surface area contributed by atoms with Crippen molar-refractivity contribution in [1.82, 2.24) is 4.57 Å². The average Bonchev–Trinajstić information content (AvgIpc) is 2.64. The van der Waals surface area contributed by atoms with Crippen LogP contribution in [-0.2, 0) is 11.3 Å². The molecule has 4 nitrogen and oxygen atoms in total. The normalized spacial score (nSPS) is 12.1. The third-order valence-electron chi connectivity index (χ3n) is 3.08. The molecule has 0 spiro atoms.